The second-order valence-electron chi connectivity index (χ2n) is 6.82. The number of piperidine rings is 1. The number of rotatable bonds is 4. The molecule has 2 fully saturated rings. The lowest BCUT2D eigenvalue weighted by Gasteiger charge is -2.43. The lowest BCUT2D eigenvalue weighted by molar-refractivity contribution is -0.124. The van der Waals surface area contributed by atoms with Crippen LogP contribution in [0.4, 0.5) is 0 Å². The van der Waals surface area contributed by atoms with Crippen molar-refractivity contribution >= 4 is 5.91 Å². The second kappa shape index (κ2) is 6.87. The maximum Gasteiger partial charge on any atom is 0.237 e. The molecule has 116 valence electrons. The number of nitrogens with zero attached hydrogens (tertiary/aromatic N) is 2. The minimum absolute atomic E-state index is 0.0204. The van der Waals surface area contributed by atoms with Crippen molar-refractivity contribution in [1.29, 1.82) is 0 Å². The summed E-state index contributed by atoms with van der Waals surface area (Å²) in [4.78, 5) is 17.0. The molecule has 0 radical (unpaired) electrons. The first-order valence-corrected chi connectivity index (χ1v) is 7.94. The zero-order chi connectivity index (χ0) is 14.6. The summed E-state index contributed by atoms with van der Waals surface area (Å²) in [6.45, 7) is 10.6. The Kier molecular flexibility index (Phi) is 5.41. The van der Waals surface area contributed by atoms with Crippen molar-refractivity contribution in [3.05, 3.63) is 0 Å². The summed E-state index contributed by atoms with van der Waals surface area (Å²) in [5.74, 6) is 0.173. The molecule has 0 bridgehead atoms. The quantitative estimate of drug-likeness (QED) is 0.777. The predicted molar refractivity (Wildman–Crippen MR) is 81.8 cm³/mol. The number of hydrogen-bond acceptors (Lipinski definition) is 4. The number of likely N-dealkylation sites (N-methyl/N-ethyl adjacent to an activating group) is 1. The SMILES string of the molecule is CN1CCN(C(C)(C)CNC(=O)C2CCCCN2)CC1. The summed E-state index contributed by atoms with van der Waals surface area (Å²) < 4.78 is 0. The van der Waals surface area contributed by atoms with Gasteiger partial charge >= 0.3 is 0 Å². The molecular formula is C15H30N4O. The molecule has 5 heteroatoms. The molecule has 0 aromatic carbocycles. The third-order valence-electron chi connectivity index (χ3n) is 4.68. The highest BCUT2D eigenvalue weighted by atomic mass is 16.2. The van der Waals surface area contributed by atoms with E-state index in [1.807, 2.05) is 0 Å². The summed E-state index contributed by atoms with van der Waals surface area (Å²) in [6.07, 6.45) is 3.32. The van der Waals surface area contributed by atoms with E-state index in [9.17, 15) is 4.79 Å². The van der Waals surface area contributed by atoms with E-state index in [2.05, 4.69) is 41.3 Å². The van der Waals surface area contributed by atoms with Crippen molar-refractivity contribution in [2.45, 2.75) is 44.7 Å². The largest absolute Gasteiger partial charge is 0.353 e. The van der Waals surface area contributed by atoms with Gasteiger partial charge in [0.1, 0.15) is 0 Å². The number of carbonyl (C=O) groups excluding carboxylic acids is 1. The first-order chi connectivity index (χ1) is 9.49. The molecule has 0 saturated carbocycles. The first-order valence-electron chi connectivity index (χ1n) is 7.94. The highest BCUT2D eigenvalue weighted by Gasteiger charge is 2.30. The van der Waals surface area contributed by atoms with Gasteiger partial charge in [-0.25, -0.2) is 0 Å². The number of amides is 1. The number of nitrogens with one attached hydrogen (secondary N) is 2. The molecule has 0 spiro atoms. The zero-order valence-electron chi connectivity index (χ0n) is 13.2. The van der Waals surface area contributed by atoms with Crippen LogP contribution in [-0.4, -0.2) is 73.6 Å². The van der Waals surface area contributed by atoms with Gasteiger partial charge in [-0.3, -0.25) is 9.69 Å². The number of carbonyl (C=O) groups is 1. The molecule has 20 heavy (non-hydrogen) atoms. The normalized spacial score (nSPS) is 26.4. The lowest BCUT2D eigenvalue weighted by atomic mass is 10.00. The van der Waals surface area contributed by atoms with E-state index in [-0.39, 0.29) is 17.5 Å². The van der Waals surface area contributed by atoms with Crippen LogP contribution in [0.1, 0.15) is 33.1 Å². The Hall–Kier alpha value is -0.650. The Bertz CT molecular complexity index is 318. The highest BCUT2D eigenvalue weighted by molar-refractivity contribution is 5.81. The summed E-state index contributed by atoms with van der Waals surface area (Å²) in [7, 11) is 2.17. The summed E-state index contributed by atoms with van der Waals surface area (Å²) in [6, 6.07) is 0.0204. The van der Waals surface area contributed by atoms with Crippen LogP contribution in [0, 0.1) is 0 Å². The van der Waals surface area contributed by atoms with Crippen molar-refractivity contribution in [2.75, 3.05) is 46.3 Å². The Labute approximate surface area is 123 Å². The van der Waals surface area contributed by atoms with Crippen LogP contribution < -0.4 is 10.6 Å². The molecule has 5 nitrogen and oxygen atoms in total. The Morgan fingerprint density at radius 2 is 1.95 bits per heavy atom. The van der Waals surface area contributed by atoms with Crippen LogP contribution in [0.3, 0.4) is 0 Å². The molecule has 1 unspecified atom stereocenters. The van der Waals surface area contributed by atoms with Gasteiger partial charge in [-0.15, -0.1) is 0 Å². The molecule has 1 atom stereocenters. The molecule has 0 aliphatic carbocycles. The van der Waals surface area contributed by atoms with E-state index >= 15 is 0 Å². The molecule has 0 aromatic rings. The average molecular weight is 282 g/mol. The molecule has 2 heterocycles. The lowest BCUT2D eigenvalue weighted by Crippen LogP contribution is -2.59. The fourth-order valence-electron chi connectivity index (χ4n) is 3.03. The Morgan fingerprint density at radius 1 is 1.25 bits per heavy atom. The molecule has 2 aliphatic heterocycles. The molecular weight excluding hydrogens is 252 g/mol. The molecule has 2 saturated heterocycles. The number of piperazine rings is 1. The van der Waals surface area contributed by atoms with Crippen LogP contribution in [0.25, 0.3) is 0 Å². The second-order valence-corrected chi connectivity index (χ2v) is 6.82. The van der Waals surface area contributed by atoms with Crippen molar-refractivity contribution in [2.24, 2.45) is 0 Å². The highest BCUT2D eigenvalue weighted by Crippen LogP contribution is 2.16. The molecule has 2 aliphatic rings. The van der Waals surface area contributed by atoms with Gasteiger partial charge in [-0.05, 0) is 40.3 Å². The van der Waals surface area contributed by atoms with Gasteiger partial charge in [0.05, 0.1) is 6.04 Å². The van der Waals surface area contributed by atoms with Gasteiger partial charge < -0.3 is 15.5 Å². The minimum atomic E-state index is 0.0204. The predicted octanol–water partition coefficient (Wildman–Crippen LogP) is 0.271. The van der Waals surface area contributed by atoms with E-state index in [1.54, 1.807) is 0 Å². The van der Waals surface area contributed by atoms with Gasteiger partial charge in [0.25, 0.3) is 0 Å². The van der Waals surface area contributed by atoms with E-state index < -0.39 is 0 Å². The van der Waals surface area contributed by atoms with Gasteiger partial charge in [0, 0.05) is 38.3 Å². The number of hydrogen-bond donors (Lipinski definition) is 2. The fraction of sp³-hybridized carbons (Fsp3) is 0.933. The summed E-state index contributed by atoms with van der Waals surface area (Å²) in [5, 5.41) is 6.45. The van der Waals surface area contributed by atoms with Crippen LogP contribution in [0.2, 0.25) is 0 Å². The van der Waals surface area contributed by atoms with E-state index in [0.717, 1.165) is 52.1 Å². The molecule has 1 amide bonds. The van der Waals surface area contributed by atoms with Crippen molar-refractivity contribution < 1.29 is 4.79 Å². The van der Waals surface area contributed by atoms with Crippen molar-refractivity contribution in [3.8, 4) is 0 Å². The van der Waals surface area contributed by atoms with Gasteiger partial charge in [-0.1, -0.05) is 6.42 Å². The third kappa shape index (κ3) is 4.17. The first kappa shape index (κ1) is 15.7. The van der Waals surface area contributed by atoms with Gasteiger partial charge in [0.2, 0.25) is 5.91 Å². The van der Waals surface area contributed by atoms with Gasteiger partial charge in [-0.2, -0.15) is 0 Å². The standard InChI is InChI=1S/C15H30N4O/c1-15(2,19-10-8-18(3)9-11-19)12-17-14(20)13-6-4-5-7-16-13/h13,16H,4-12H2,1-3H3,(H,17,20). The van der Waals surface area contributed by atoms with Crippen molar-refractivity contribution in [3.63, 3.8) is 0 Å². The van der Waals surface area contributed by atoms with Crippen molar-refractivity contribution in [1.82, 2.24) is 20.4 Å². The minimum Gasteiger partial charge on any atom is -0.353 e. The average Bonchev–Trinajstić information content (AvgIpc) is 2.46. The zero-order valence-corrected chi connectivity index (χ0v) is 13.2. The summed E-state index contributed by atoms with van der Waals surface area (Å²) >= 11 is 0. The van der Waals surface area contributed by atoms with E-state index in [0.29, 0.717) is 0 Å². The maximum atomic E-state index is 12.2. The Balaban J connectivity index is 1.77. The van der Waals surface area contributed by atoms with Crippen LogP contribution >= 0.6 is 0 Å². The smallest absolute Gasteiger partial charge is 0.237 e. The monoisotopic (exact) mass is 282 g/mol. The van der Waals surface area contributed by atoms with Gasteiger partial charge in [0.15, 0.2) is 0 Å². The van der Waals surface area contributed by atoms with E-state index in [1.165, 1.54) is 6.42 Å². The van der Waals surface area contributed by atoms with Crippen LogP contribution in [0.15, 0.2) is 0 Å². The molecule has 0 aromatic heterocycles. The van der Waals surface area contributed by atoms with Crippen LogP contribution in [-0.2, 0) is 4.79 Å². The third-order valence-corrected chi connectivity index (χ3v) is 4.68. The molecule has 2 rings (SSSR count). The van der Waals surface area contributed by atoms with E-state index in [4.69, 9.17) is 0 Å². The topological polar surface area (TPSA) is 47.6 Å². The summed E-state index contributed by atoms with van der Waals surface area (Å²) in [5.41, 5.74) is 0.0333. The fourth-order valence-corrected chi connectivity index (χ4v) is 3.03. The Morgan fingerprint density at radius 3 is 2.55 bits per heavy atom. The maximum absolute atomic E-state index is 12.2. The van der Waals surface area contributed by atoms with Crippen LogP contribution in [0.5, 0.6) is 0 Å². The molecule has 2 N–H and O–H groups in total.